The van der Waals surface area contributed by atoms with E-state index in [-0.39, 0.29) is 0 Å². The van der Waals surface area contributed by atoms with Crippen molar-refractivity contribution in [3.63, 3.8) is 0 Å². The molecule has 0 atom stereocenters. The average molecular weight is 204 g/mol. The second kappa shape index (κ2) is 6.96. The van der Waals surface area contributed by atoms with Crippen molar-refractivity contribution in [3.05, 3.63) is 22.5 Å². The third-order valence-corrected chi connectivity index (χ3v) is 1.44. The van der Waals surface area contributed by atoms with Crippen molar-refractivity contribution in [3.8, 4) is 0 Å². The molecule has 0 unspecified atom stereocenters. The molecular formula is C7H16N4O3. The van der Waals surface area contributed by atoms with E-state index in [1.165, 1.54) is 6.42 Å². The van der Waals surface area contributed by atoms with Crippen LogP contribution in [0.5, 0.6) is 0 Å². The van der Waals surface area contributed by atoms with Crippen LogP contribution in [0.25, 0.3) is 0 Å². The molecule has 0 bridgehead atoms. The van der Waals surface area contributed by atoms with Gasteiger partial charge >= 0.3 is 0 Å². The minimum absolute atomic E-state index is 0.958. The number of hydrogen-bond donors (Lipinski definition) is 2. The Morgan fingerprint density at radius 3 is 2.57 bits per heavy atom. The van der Waals surface area contributed by atoms with Crippen molar-refractivity contribution in [2.75, 3.05) is 20.3 Å². The molecule has 1 aliphatic rings. The summed E-state index contributed by atoms with van der Waals surface area (Å²) in [6.07, 6.45) is 5.28. The molecule has 14 heavy (non-hydrogen) atoms. The highest BCUT2D eigenvalue weighted by Gasteiger charge is 2.05. The molecule has 2 N–H and O–H groups in total. The van der Waals surface area contributed by atoms with Crippen molar-refractivity contribution >= 4 is 0 Å². The molecule has 0 radical (unpaired) electrons. The van der Waals surface area contributed by atoms with Crippen LogP contribution in [-0.4, -0.2) is 40.5 Å². The van der Waals surface area contributed by atoms with Gasteiger partial charge in [0.1, 0.15) is 6.67 Å². The number of rotatable bonds is 3. The first-order valence-corrected chi connectivity index (χ1v) is 4.28. The van der Waals surface area contributed by atoms with Crippen molar-refractivity contribution in [2.24, 2.45) is 0 Å². The molecule has 7 nitrogen and oxygen atoms in total. The molecule has 0 aromatic rings. The van der Waals surface area contributed by atoms with Crippen LogP contribution in [0.2, 0.25) is 0 Å². The molecular weight excluding hydrogens is 188 g/mol. The molecule has 0 aromatic heterocycles. The largest absolute Gasteiger partial charge is 0.360 e. The summed E-state index contributed by atoms with van der Waals surface area (Å²) < 4.78 is 0. The minimum atomic E-state index is -1.50. The second-order valence-electron chi connectivity index (χ2n) is 2.81. The highest BCUT2D eigenvalue weighted by molar-refractivity contribution is 4.86. The van der Waals surface area contributed by atoms with Gasteiger partial charge in [-0.15, -0.1) is 10.1 Å². The molecule has 0 spiro atoms. The highest BCUT2D eigenvalue weighted by atomic mass is 16.9. The Kier molecular flexibility index (Phi) is 6.21. The van der Waals surface area contributed by atoms with E-state index in [2.05, 4.69) is 41.7 Å². The second-order valence-corrected chi connectivity index (χ2v) is 2.81. The van der Waals surface area contributed by atoms with E-state index in [1.54, 1.807) is 0 Å². The van der Waals surface area contributed by atoms with E-state index in [9.17, 15) is 0 Å². The van der Waals surface area contributed by atoms with Crippen molar-refractivity contribution in [1.29, 1.82) is 0 Å². The van der Waals surface area contributed by atoms with Crippen LogP contribution in [0.3, 0.4) is 0 Å². The molecule has 1 rings (SSSR count). The Morgan fingerprint density at radius 2 is 2.21 bits per heavy atom. The van der Waals surface area contributed by atoms with Gasteiger partial charge < -0.3 is 10.1 Å². The Labute approximate surface area is 82.7 Å². The molecule has 1 heterocycles. The zero-order valence-corrected chi connectivity index (χ0v) is 8.38. The van der Waals surface area contributed by atoms with Gasteiger partial charge in [-0.2, -0.15) is 0 Å². The first-order chi connectivity index (χ1) is 6.56. The predicted molar refractivity (Wildman–Crippen MR) is 50.7 cm³/mol. The van der Waals surface area contributed by atoms with Gasteiger partial charge in [-0.3, -0.25) is 5.01 Å². The van der Waals surface area contributed by atoms with E-state index < -0.39 is 5.09 Å². The first-order valence-electron chi connectivity index (χ1n) is 4.28. The Morgan fingerprint density at radius 1 is 1.64 bits per heavy atom. The standard InChI is InChI=1S/C7H15N3.HNO3/c1-3-4-8-10-6-5-9(2)7-10;2-1(3)4/h5-6,8H,3-4,7H2,1-2H3;(H,2,3,4). The Bertz CT molecular complexity index is 193. The molecule has 0 saturated carbocycles. The summed E-state index contributed by atoms with van der Waals surface area (Å²) in [5.41, 5.74) is 3.27. The minimum Gasteiger partial charge on any atom is -0.360 e. The smallest absolute Gasteiger partial charge is 0.291 e. The summed E-state index contributed by atoms with van der Waals surface area (Å²) in [4.78, 5) is 10.5. The van der Waals surface area contributed by atoms with E-state index in [0.29, 0.717) is 0 Å². The summed E-state index contributed by atoms with van der Waals surface area (Å²) in [6, 6.07) is 0. The number of hydrazine groups is 1. The first kappa shape index (κ1) is 12.5. The Hall–Kier alpha value is -1.50. The van der Waals surface area contributed by atoms with E-state index >= 15 is 0 Å². The van der Waals surface area contributed by atoms with Crippen LogP contribution in [-0.2, 0) is 0 Å². The lowest BCUT2D eigenvalue weighted by molar-refractivity contribution is -0.742. The van der Waals surface area contributed by atoms with Crippen LogP contribution < -0.4 is 5.43 Å². The van der Waals surface area contributed by atoms with Crippen molar-refractivity contribution < 1.29 is 10.3 Å². The normalized spacial score (nSPS) is 13.9. The fourth-order valence-electron chi connectivity index (χ4n) is 0.887. The van der Waals surface area contributed by atoms with Gasteiger partial charge in [-0.25, -0.2) is 5.43 Å². The Balaban J connectivity index is 0.000000364. The molecule has 0 saturated heterocycles. The van der Waals surface area contributed by atoms with Crippen LogP contribution >= 0.6 is 0 Å². The van der Waals surface area contributed by atoms with Gasteiger partial charge in [0.2, 0.25) is 0 Å². The van der Waals surface area contributed by atoms with Crippen LogP contribution in [0, 0.1) is 10.1 Å². The molecule has 0 aliphatic carbocycles. The summed E-state index contributed by atoms with van der Waals surface area (Å²) in [5, 5.41) is 15.7. The number of hydrogen-bond acceptors (Lipinski definition) is 5. The maximum absolute atomic E-state index is 8.36. The number of nitrogens with one attached hydrogen (secondary N) is 1. The average Bonchev–Trinajstić information content (AvgIpc) is 2.47. The lowest BCUT2D eigenvalue weighted by Crippen LogP contribution is -2.35. The van der Waals surface area contributed by atoms with Crippen LogP contribution in [0.1, 0.15) is 13.3 Å². The third kappa shape index (κ3) is 7.17. The summed E-state index contributed by atoms with van der Waals surface area (Å²) in [5.74, 6) is 0. The molecule has 1 aliphatic heterocycles. The SMILES string of the molecule is CCCNN1C=CN(C)C1.O=[N+]([O-])O. The van der Waals surface area contributed by atoms with Gasteiger partial charge in [0.25, 0.3) is 5.09 Å². The third-order valence-electron chi connectivity index (χ3n) is 1.44. The number of nitrogens with zero attached hydrogens (tertiary/aromatic N) is 3. The summed E-state index contributed by atoms with van der Waals surface area (Å²) >= 11 is 0. The molecule has 7 heteroatoms. The van der Waals surface area contributed by atoms with Crippen molar-refractivity contribution in [2.45, 2.75) is 13.3 Å². The summed E-state index contributed by atoms with van der Waals surface area (Å²) in [7, 11) is 2.06. The quantitative estimate of drug-likeness (QED) is 0.506. The molecule has 0 aromatic carbocycles. The highest BCUT2D eigenvalue weighted by Crippen LogP contribution is 1.98. The van der Waals surface area contributed by atoms with E-state index in [4.69, 9.17) is 15.3 Å². The molecule has 0 fully saturated rings. The van der Waals surface area contributed by atoms with Crippen LogP contribution in [0.15, 0.2) is 12.4 Å². The van der Waals surface area contributed by atoms with Gasteiger partial charge in [-0.05, 0) is 6.42 Å². The zero-order valence-electron chi connectivity index (χ0n) is 8.38. The van der Waals surface area contributed by atoms with Gasteiger partial charge in [0.15, 0.2) is 0 Å². The lowest BCUT2D eigenvalue weighted by atomic mass is 10.5. The maximum atomic E-state index is 8.36. The topological polar surface area (TPSA) is 81.9 Å². The van der Waals surface area contributed by atoms with Gasteiger partial charge in [0.05, 0.1) is 0 Å². The molecule has 82 valence electrons. The van der Waals surface area contributed by atoms with E-state index in [1.807, 2.05) is 0 Å². The van der Waals surface area contributed by atoms with E-state index in [0.717, 1.165) is 13.2 Å². The fraction of sp³-hybridized carbons (Fsp3) is 0.714. The fourth-order valence-corrected chi connectivity index (χ4v) is 0.887. The summed E-state index contributed by atoms with van der Waals surface area (Å²) in [6.45, 7) is 4.18. The monoisotopic (exact) mass is 204 g/mol. The van der Waals surface area contributed by atoms with Crippen molar-refractivity contribution in [1.82, 2.24) is 15.3 Å². The maximum Gasteiger partial charge on any atom is 0.291 e. The van der Waals surface area contributed by atoms with Gasteiger partial charge in [-0.1, -0.05) is 6.92 Å². The predicted octanol–water partition coefficient (Wildman–Crippen LogP) is 0.229. The van der Waals surface area contributed by atoms with Crippen LogP contribution in [0.4, 0.5) is 0 Å². The lowest BCUT2D eigenvalue weighted by Gasteiger charge is -2.18. The zero-order chi connectivity index (χ0) is 11.0. The van der Waals surface area contributed by atoms with Gasteiger partial charge in [0, 0.05) is 26.0 Å². The molecule has 0 amide bonds.